The number of pyridine rings is 1. The molecule has 0 aliphatic rings. The molecule has 1 aromatic carbocycles. The summed E-state index contributed by atoms with van der Waals surface area (Å²) < 4.78 is 36.2. The lowest BCUT2D eigenvalue weighted by Crippen LogP contribution is -2.68. The highest BCUT2D eigenvalue weighted by Gasteiger charge is 2.13. The van der Waals surface area contributed by atoms with Gasteiger partial charge in [-0.25, -0.2) is 18.6 Å². The Morgan fingerprint density at radius 3 is 2.19 bits per heavy atom. The standard InChI is InChI=1S/C13H9ClNS.ClHO4/c14-11-6-4-10(5-7-11)12-9-16-13-3-1-2-8-15(12)13;2-1(3,4)5/h1-9H;(H,2,3,4,5)/q+1;/p-1. The van der Waals surface area contributed by atoms with Crippen molar-refractivity contribution < 1.29 is 33.3 Å². The zero-order valence-corrected chi connectivity index (χ0v) is 12.8. The second-order valence-corrected chi connectivity index (χ2v) is 6.00. The van der Waals surface area contributed by atoms with Crippen LogP contribution in [0.3, 0.4) is 0 Å². The first-order chi connectivity index (χ1) is 9.84. The molecule has 0 bridgehead atoms. The van der Waals surface area contributed by atoms with Crippen molar-refractivity contribution in [2.75, 3.05) is 0 Å². The number of fused-ring (bicyclic) bond motifs is 1. The molecular formula is C13H9Cl2NO4S. The van der Waals surface area contributed by atoms with Crippen molar-refractivity contribution in [2.45, 2.75) is 0 Å². The van der Waals surface area contributed by atoms with Gasteiger partial charge in [0.2, 0.25) is 5.69 Å². The van der Waals surface area contributed by atoms with E-state index in [1.165, 1.54) is 16.1 Å². The van der Waals surface area contributed by atoms with Crippen molar-refractivity contribution in [2.24, 2.45) is 0 Å². The summed E-state index contributed by atoms with van der Waals surface area (Å²) in [4.78, 5) is 1.24. The lowest BCUT2D eigenvalue weighted by atomic mass is 10.2. The lowest BCUT2D eigenvalue weighted by molar-refractivity contribution is -2.00. The second-order valence-electron chi connectivity index (χ2n) is 3.91. The molecule has 2 heterocycles. The second kappa shape index (κ2) is 6.67. The molecule has 8 heteroatoms. The zero-order valence-electron chi connectivity index (χ0n) is 10.4. The van der Waals surface area contributed by atoms with E-state index >= 15 is 0 Å². The zero-order chi connectivity index (χ0) is 15.5. The van der Waals surface area contributed by atoms with Crippen molar-refractivity contribution in [1.29, 1.82) is 0 Å². The summed E-state index contributed by atoms with van der Waals surface area (Å²) in [5.74, 6) is 0. The van der Waals surface area contributed by atoms with Gasteiger partial charge in [-0.2, -0.15) is 4.40 Å². The van der Waals surface area contributed by atoms with Crippen LogP contribution in [0.25, 0.3) is 16.1 Å². The fraction of sp³-hybridized carbons (Fsp3) is 0. The highest BCUT2D eigenvalue weighted by Crippen LogP contribution is 2.22. The van der Waals surface area contributed by atoms with Crippen molar-refractivity contribution >= 4 is 27.8 Å². The summed E-state index contributed by atoms with van der Waals surface area (Å²) in [6.45, 7) is 0. The number of hydrogen-bond donors (Lipinski definition) is 0. The predicted octanol–water partition coefficient (Wildman–Crippen LogP) is -0.949. The third-order valence-corrected chi connectivity index (χ3v) is 3.68. The Kier molecular flexibility index (Phi) is 5.13. The lowest BCUT2D eigenvalue weighted by Gasteiger charge is -2.17. The van der Waals surface area contributed by atoms with E-state index in [9.17, 15) is 0 Å². The van der Waals surface area contributed by atoms with Crippen LogP contribution in [0.15, 0.2) is 54.0 Å². The molecule has 0 spiro atoms. The summed E-state index contributed by atoms with van der Waals surface area (Å²) in [6.07, 6.45) is 2.08. The van der Waals surface area contributed by atoms with Gasteiger partial charge in [-0.3, -0.25) is 0 Å². The van der Waals surface area contributed by atoms with Crippen LogP contribution in [0, 0.1) is 10.2 Å². The van der Waals surface area contributed by atoms with Gasteiger partial charge < -0.3 is 0 Å². The molecule has 0 saturated carbocycles. The molecule has 0 aliphatic heterocycles. The first kappa shape index (κ1) is 16.1. The molecule has 21 heavy (non-hydrogen) atoms. The van der Waals surface area contributed by atoms with Crippen molar-refractivity contribution in [3.8, 4) is 11.3 Å². The van der Waals surface area contributed by atoms with Crippen LogP contribution in [-0.4, -0.2) is 0 Å². The topological polar surface area (TPSA) is 96.3 Å². The Balaban J connectivity index is 0.000000282. The molecule has 0 unspecified atom stereocenters. The smallest absolute Gasteiger partial charge is 0.222 e. The first-order valence-corrected chi connectivity index (χ1v) is 8.09. The van der Waals surface area contributed by atoms with Crippen LogP contribution < -0.4 is 23.0 Å². The molecule has 5 nitrogen and oxygen atoms in total. The molecule has 110 valence electrons. The van der Waals surface area contributed by atoms with E-state index in [0.29, 0.717) is 0 Å². The Bertz CT molecular complexity index is 719. The molecule has 2 aromatic heterocycles. The van der Waals surface area contributed by atoms with Gasteiger partial charge in [0, 0.05) is 22.7 Å². The van der Waals surface area contributed by atoms with E-state index in [2.05, 4.69) is 28.1 Å². The average Bonchev–Trinajstić information content (AvgIpc) is 2.82. The van der Waals surface area contributed by atoms with E-state index in [-0.39, 0.29) is 0 Å². The molecule has 0 fully saturated rings. The highest BCUT2D eigenvalue weighted by molar-refractivity contribution is 7.15. The van der Waals surface area contributed by atoms with Crippen molar-refractivity contribution in [3.05, 3.63) is 59.1 Å². The molecular weight excluding hydrogens is 337 g/mol. The Morgan fingerprint density at radius 2 is 1.57 bits per heavy atom. The number of aromatic nitrogens is 1. The van der Waals surface area contributed by atoms with Crippen LogP contribution in [0.2, 0.25) is 5.02 Å². The molecule has 3 rings (SSSR count). The van der Waals surface area contributed by atoms with Gasteiger partial charge in [-0.15, -0.1) is 10.2 Å². The molecule has 0 atom stereocenters. The summed E-state index contributed by atoms with van der Waals surface area (Å²) in [6, 6.07) is 14.1. The first-order valence-electron chi connectivity index (χ1n) is 5.60. The van der Waals surface area contributed by atoms with Crippen LogP contribution in [0.1, 0.15) is 0 Å². The van der Waals surface area contributed by atoms with E-state index < -0.39 is 10.2 Å². The van der Waals surface area contributed by atoms with Crippen LogP contribution in [0.5, 0.6) is 0 Å². The van der Waals surface area contributed by atoms with Crippen molar-refractivity contribution in [3.63, 3.8) is 0 Å². The fourth-order valence-electron chi connectivity index (χ4n) is 1.72. The number of benzene rings is 1. The minimum absolute atomic E-state index is 0.772. The third-order valence-electron chi connectivity index (χ3n) is 2.51. The van der Waals surface area contributed by atoms with Gasteiger partial charge in [0.15, 0.2) is 6.20 Å². The van der Waals surface area contributed by atoms with Gasteiger partial charge >= 0.3 is 0 Å². The molecule has 0 saturated heterocycles. The summed E-state index contributed by atoms with van der Waals surface area (Å²) in [7, 11) is -4.94. The number of nitrogens with zero attached hydrogens (tertiary/aromatic N) is 1. The SMILES string of the molecule is Clc1ccc(-c2csc3cccc[n+]23)cc1.[O-][Cl+3]([O-])([O-])[O-]. The van der Waals surface area contributed by atoms with E-state index in [1.807, 2.05) is 30.3 Å². The number of thiazole rings is 1. The summed E-state index contributed by atoms with van der Waals surface area (Å²) >= 11 is 7.63. The number of rotatable bonds is 1. The quantitative estimate of drug-likeness (QED) is 0.531. The molecule has 0 aliphatic carbocycles. The Labute approximate surface area is 131 Å². The highest BCUT2D eigenvalue weighted by atomic mass is 35.7. The van der Waals surface area contributed by atoms with Crippen LogP contribution >= 0.6 is 22.9 Å². The average molecular weight is 346 g/mol. The van der Waals surface area contributed by atoms with E-state index in [1.54, 1.807) is 11.3 Å². The van der Waals surface area contributed by atoms with Gasteiger partial charge in [0.05, 0.1) is 5.38 Å². The van der Waals surface area contributed by atoms with Gasteiger partial charge in [-0.1, -0.05) is 22.9 Å². The van der Waals surface area contributed by atoms with Crippen molar-refractivity contribution in [1.82, 2.24) is 0 Å². The molecule has 0 radical (unpaired) electrons. The third kappa shape index (κ3) is 4.90. The summed E-state index contributed by atoms with van der Waals surface area (Å²) in [5, 5.41) is 2.94. The fourth-order valence-corrected chi connectivity index (χ4v) is 2.76. The Hall–Kier alpha value is -1.25. The monoisotopic (exact) mass is 345 g/mol. The van der Waals surface area contributed by atoms with Crippen LogP contribution in [-0.2, 0) is 0 Å². The van der Waals surface area contributed by atoms with E-state index in [0.717, 1.165) is 5.02 Å². The predicted molar refractivity (Wildman–Crippen MR) is 67.9 cm³/mol. The molecule has 3 aromatic rings. The normalized spacial score (nSPS) is 11.1. The largest absolute Gasteiger partial charge is 0.267 e. The molecule has 0 N–H and O–H groups in total. The van der Waals surface area contributed by atoms with E-state index in [4.69, 9.17) is 30.2 Å². The minimum atomic E-state index is -4.94. The molecule has 0 amide bonds. The maximum absolute atomic E-state index is 8.49. The van der Waals surface area contributed by atoms with Gasteiger partial charge in [0.25, 0.3) is 4.83 Å². The van der Waals surface area contributed by atoms with Gasteiger partial charge in [-0.05, 0) is 30.3 Å². The van der Waals surface area contributed by atoms with Crippen LogP contribution in [0.4, 0.5) is 0 Å². The Morgan fingerprint density at radius 1 is 0.952 bits per heavy atom. The number of halogens is 2. The maximum atomic E-state index is 8.49. The summed E-state index contributed by atoms with van der Waals surface area (Å²) in [5.41, 5.74) is 2.39. The maximum Gasteiger partial charge on any atom is 0.267 e. The minimum Gasteiger partial charge on any atom is -0.222 e. The van der Waals surface area contributed by atoms with Gasteiger partial charge in [0.1, 0.15) is 0 Å². The number of hydrogen-bond acceptors (Lipinski definition) is 5.